The van der Waals surface area contributed by atoms with E-state index in [1.54, 1.807) is 12.1 Å². The topological polar surface area (TPSA) is 144 Å². The summed E-state index contributed by atoms with van der Waals surface area (Å²) in [5, 5.41) is 5.73. The molecule has 90 heavy (non-hydrogen) atoms. The van der Waals surface area contributed by atoms with Crippen molar-refractivity contribution in [2.45, 2.75) is 122 Å². The molecular weight excluding hydrogens is 1260 g/mol. The lowest BCUT2D eigenvalue weighted by molar-refractivity contribution is -0.0498. The molecule has 0 aliphatic carbocycles. The summed E-state index contributed by atoms with van der Waals surface area (Å²) < 4.78 is 122. The number of hydrogen-bond donors (Lipinski definition) is 2. The number of hydrogen-bond acceptors (Lipinski definition) is 12. The molecule has 0 radical (unpaired) electrons. The van der Waals surface area contributed by atoms with Gasteiger partial charge in [0.1, 0.15) is 4.90 Å². The largest absolute Gasteiger partial charge is 0.501 e. The van der Waals surface area contributed by atoms with E-state index in [4.69, 9.17) is 25.2 Å². The van der Waals surface area contributed by atoms with Crippen molar-refractivity contribution in [1.82, 2.24) is 9.62 Å². The van der Waals surface area contributed by atoms with Crippen LogP contribution in [-0.4, -0.2) is 114 Å². The second-order valence-electron chi connectivity index (χ2n) is 25.8. The van der Waals surface area contributed by atoms with Crippen LogP contribution in [0.4, 0.5) is 24.5 Å². The fraction of sp³-hybridized carbons (Fsp3) is 0.377. The highest BCUT2D eigenvalue weighted by Crippen LogP contribution is 2.47. The van der Waals surface area contributed by atoms with E-state index in [1.807, 2.05) is 102 Å². The lowest BCUT2D eigenvalue weighted by Crippen LogP contribution is -2.67. The Hall–Kier alpha value is -5.79. The average molecular weight is 1340 g/mol. The van der Waals surface area contributed by atoms with Gasteiger partial charge in [0, 0.05) is 65.7 Å². The first-order valence-corrected chi connectivity index (χ1v) is 39.6. The van der Waals surface area contributed by atoms with Crippen molar-refractivity contribution in [1.29, 1.82) is 0 Å². The average Bonchev–Trinajstić information content (AvgIpc) is 0.853. The molecule has 3 atom stereocenters. The Kier molecular flexibility index (Phi) is 21.8. The zero-order valence-corrected chi connectivity index (χ0v) is 57.5. The quantitative estimate of drug-likeness (QED) is 0.0465. The summed E-state index contributed by atoms with van der Waals surface area (Å²) in [6.45, 7) is 21.5. The lowest BCUT2D eigenvalue weighted by Gasteiger charge is -2.44. The second kappa shape index (κ2) is 28.6. The van der Waals surface area contributed by atoms with Gasteiger partial charge < -0.3 is 23.8 Å². The van der Waals surface area contributed by atoms with Crippen LogP contribution >= 0.6 is 23.4 Å². The monoisotopic (exact) mass is 1340 g/mol. The van der Waals surface area contributed by atoms with Gasteiger partial charge in [-0.15, -0.1) is 11.8 Å². The molecule has 0 bridgehead atoms. The number of piperidine rings is 1. The van der Waals surface area contributed by atoms with Crippen molar-refractivity contribution in [3.8, 4) is 11.1 Å². The molecule has 0 aromatic heterocycles. The highest BCUT2D eigenvalue weighted by atomic mass is 35.5. The fourth-order valence-electron chi connectivity index (χ4n) is 11.7. The van der Waals surface area contributed by atoms with Gasteiger partial charge in [-0.3, -0.25) is 9.69 Å². The molecule has 2 aliphatic heterocycles. The van der Waals surface area contributed by atoms with Crippen LogP contribution in [0.5, 0.6) is 0 Å². The predicted octanol–water partition coefficient (Wildman–Crippen LogP) is 14.6. The number of carbonyl (C=O) groups excluding carboxylic acids is 1. The molecule has 1 amide bonds. The third-order valence-corrected chi connectivity index (χ3v) is 31.4. The molecular formula is C69H82ClF3N4O8S3Si2. The molecule has 12 nitrogen and oxygen atoms in total. The number of alkyl halides is 3. The Morgan fingerprint density at radius 2 is 1.32 bits per heavy atom. The van der Waals surface area contributed by atoms with Crippen molar-refractivity contribution < 1.29 is 48.4 Å². The smallest absolute Gasteiger partial charge is 0.410 e. The second-order valence-corrected chi connectivity index (χ2v) is 40.0. The standard InChI is InChI=1S/C69H82ClF3N4O8S3Si2/c1-67(2,3)89(7,8)85-65(62-27-19-18-26-61(62)50-28-32-53(70)33-29-50)51-38-42-77(43-39-51)55-34-30-52(31-35-55)66(78)75-88(81,82)58-36-37-63(64(46-58)87(79,80)69(71,72)73)74-54(49-86-57-20-12-9-13-21-57)40-41-76-44-45-83-56(47-76)48-84-90(68(4,5)6,59-22-14-10-15-23-59)60-24-16-11-17-25-60/h9-37,46,51,54,56,65,74H,38-45,47-49H2,1-8H3,(H,75,78)/t54-,56+,65?/m1/s1. The summed E-state index contributed by atoms with van der Waals surface area (Å²) in [7, 11) is -16.3. The van der Waals surface area contributed by atoms with Crippen LogP contribution in [0.25, 0.3) is 11.1 Å². The number of halogens is 4. The first kappa shape index (κ1) is 68.6. The Balaban J connectivity index is 0.887. The van der Waals surface area contributed by atoms with Gasteiger partial charge in [0.2, 0.25) is 0 Å². The third kappa shape index (κ3) is 16.2. The minimum Gasteiger partial charge on any atom is -0.410 e. The van der Waals surface area contributed by atoms with Gasteiger partial charge in [-0.1, -0.05) is 168 Å². The number of nitrogens with zero attached hydrogens (tertiary/aromatic N) is 2. The van der Waals surface area contributed by atoms with Crippen molar-refractivity contribution in [3.05, 3.63) is 198 Å². The number of amides is 1. The number of rotatable bonds is 23. The summed E-state index contributed by atoms with van der Waals surface area (Å²) in [5.41, 5.74) is -2.18. The van der Waals surface area contributed by atoms with Gasteiger partial charge in [0.25, 0.3) is 34.1 Å². The third-order valence-electron chi connectivity index (χ3n) is 17.7. The fourth-order valence-corrected chi connectivity index (χ4v) is 20.8. The molecule has 2 saturated heterocycles. The predicted molar refractivity (Wildman–Crippen MR) is 363 cm³/mol. The first-order valence-electron chi connectivity index (χ1n) is 30.5. The van der Waals surface area contributed by atoms with Gasteiger partial charge in [-0.25, -0.2) is 21.6 Å². The van der Waals surface area contributed by atoms with Crippen molar-refractivity contribution in [3.63, 3.8) is 0 Å². The molecule has 9 rings (SSSR count). The van der Waals surface area contributed by atoms with Gasteiger partial charge in [0.15, 0.2) is 8.32 Å². The number of benzene rings is 7. The van der Waals surface area contributed by atoms with E-state index in [0.29, 0.717) is 69.2 Å². The lowest BCUT2D eigenvalue weighted by atomic mass is 9.84. The maximum Gasteiger partial charge on any atom is 0.501 e. The number of sulfone groups is 1. The normalized spacial score (nSPS) is 16.8. The summed E-state index contributed by atoms with van der Waals surface area (Å²) in [6, 6.07) is 54.6. The number of ether oxygens (including phenoxy) is 1. The van der Waals surface area contributed by atoms with E-state index in [9.17, 15) is 34.8 Å². The van der Waals surface area contributed by atoms with Crippen LogP contribution in [0, 0.1) is 5.92 Å². The Labute approximate surface area is 541 Å². The number of sulfonamides is 1. The number of anilines is 2. The van der Waals surface area contributed by atoms with Crippen LogP contribution in [0.15, 0.2) is 197 Å². The van der Waals surface area contributed by atoms with Crippen LogP contribution < -0.4 is 25.3 Å². The van der Waals surface area contributed by atoms with Gasteiger partial charge in [0.05, 0.1) is 36.0 Å². The zero-order valence-electron chi connectivity index (χ0n) is 52.3. The molecule has 2 heterocycles. The molecule has 2 N–H and O–H groups in total. The Morgan fingerprint density at radius 1 is 0.733 bits per heavy atom. The van der Waals surface area contributed by atoms with Crippen LogP contribution in [0.1, 0.15) is 82.8 Å². The molecule has 1 unspecified atom stereocenters. The minimum absolute atomic E-state index is 0.0302. The minimum atomic E-state index is -6.16. The van der Waals surface area contributed by atoms with Gasteiger partial charge in [-0.05, 0) is 142 Å². The van der Waals surface area contributed by atoms with E-state index in [-0.39, 0.29) is 33.8 Å². The van der Waals surface area contributed by atoms with E-state index in [0.717, 1.165) is 62.6 Å². The number of nitrogens with one attached hydrogen (secondary N) is 2. The van der Waals surface area contributed by atoms with Crippen LogP contribution in [-0.2, 0) is 33.4 Å². The highest BCUT2D eigenvalue weighted by Gasteiger charge is 2.51. The maximum absolute atomic E-state index is 14.7. The molecule has 2 aliphatic rings. The summed E-state index contributed by atoms with van der Waals surface area (Å²) in [4.78, 5) is 16.9. The molecule has 7 aromatic carbocycles. The van der Waals surface area contributed by atoms with E-state index >= 15 is 0 Å². The maximum atomic E-state index is 14.7. The number of morpholine rings is 1. The first-order chi connectivity index (χ1) is 42.6. The van der Waals surface area contributed by atoms with Gasteiger partial charge >= 0.3 is 5.51 Å². The van der Waals surface area contributed by atoms with Crippen molar-refractivity contribution in [2.24, 2.45) is 5.92 Å². The Morgan fingerprint density at radius 3 is 1.91 bits per heavy atom. The van der Waals surface area contributed by atoms with Crippen molar-refractivity contribution >= 4 is 87.5 Å². The molecule has 2 fully saturated rings. The van der Waals surface area contributed by atoms with Crippen LogP contribution in [0.2, 0.25) is 28.2 Å². The molecule has 0 saturated carbocycles. The number of carbonyl (C=O) groups is 1. The molecule has 480 valence electrons. The summed E-state index contributed by atoms with van der Waals surface area (Å²) in [5.74, 6) is -0.563. The highest BCUT2D eigenvalue weighted by molar-refractivity contribution is 7.99. The van der Waals surface area contributed by atoms with E-state index < -0.39 is 69.4 Å². The van der Waals surface area contributed by atoms with E-state index in [1.165, 1.54) is 23.9 Å². The van der Waals surface area contributed by atoms with Crippen molar-refractivity contribution in [2.75, 3.05) is 61.9 Å². The summed E-state index contributed by atoms with van der Waals surface area (Å²) in [6.07, 6.45) is 1.48. The Bertz CT molecular complexity index is 3730. The zero-order chi connectivity index (χ0) is 64.7. The van der Waals surface area contributed by atoms with Crippen LogP contribution in [0.3, 0.4) is 0 Å². The SMILES string of the molecule is CC(C)(C)[Si](C)(C)OC(c1ccccc1-c1ccc(Cl)cc1)C1CCN(c2ccc(C(=O)NS(=O)(=O)c3ccc(N[C@H](CCN4CCO[C@H](CO[Si](c5ccccc5)(c5ccccc5)C(C)(C)C)C4)CSc4ccccc4)c(S(=O)(=O)C(F)(F)F)c3)cc2)CC1. The number of thioether (sulfide) groups is 1. The van der Waals surface area contributed by atoms with E-state index in [2.05, 4.69) is 112 Å². The summed E-state index contributed by atoms with van der Waals surface area (Å²) >= 11 is 7.74. The van der Waals surface area contributed by atoms with Gasteiger partial charge in [-0.2, -0.15) is 13.2 Å². The molecule has 0 spiro atoms. The molecule has 21 heteroatoms. The molecule has 7 aromatic rings.